The van der Waals surface area contributed by atoms with Crippen molar-refractivity contribution < 1.29 is 18.7 Å². The van der Waals surface area contributed by atoms with Gasteiger partial charge in [0.25, 0.3) is 0 Å². The van der Waals surface area contributed by atoms with E-state index in [0.717, 1.165) is 31.6 Å². The number of nitrogens with one attached hydrogen (secondary N) is 1. The summed E-state index contributed by atoms with van der Waals surface area (Å²) in [5.41, 5.74) is 2.53. The number of hydrogen-bond donors (Lipinski definition) is 1. The van der Waals surface area contributed by atoms with E-state index in [0.29, 0.717) is 23.4 Å². The van der Waals surface area contributed by atoms with E-state index in [2.05, 4.69) is 10.2 Å². The highest BCUT2D eigenvalue weighted by Gasteiger charge is 2.21. The molecule has 0 saturated carbocycles. The van der Waals surface area contributed by atoms with Crippen LogP contribution in [0.25, 0.3) is 0 Å². The Morgan fingerprint density at radius 3 is 2.59 bits per heavy atom. The smallest absolute Gasteiger partial charge is 0.337 e. The average Bonchev–Trinajstić information content (AvgIpc) is 3.26. The number of benzene rings is 2. The summed E-state index contributed by atoms with van der Waals surface area (Å²) in [6, 6.07) is 11.1. The van der Waals surface area contributed by atoms with Gasteiger partial charge in [-0.3, -0.25) is 0 Å². The summed E-state index contributed by atoms with van der Waals surface area (Å²) in [5.74, 6) is -0.790. The third-order valence-electron chi connectivity index (χ3n) is 5.04. The van der Waals surface area contributed by atoms with Crippen molar-refractivity contribution in [1.29, 1.82) is 0 Å². The molecule has 1 heterocycles. The van der Waals surface area contributed by atoms with E-state index >= 15 is 0 Å². The van der Waals surface area contributed by atoms with Crippen LogP contribution in [0.5, 0.6) is 0 Å². The molecule has 29 heavy (non-hydrogen) atoms. The largest absolute Gasteiger partial charge is 0.465 e. The Balaban J connectivity index is 1.83. The fourth-order valence-corrected chi connectivity index (χ4v) is 3.49. The van der Waals surface area contributed by atoms with E-state index in [4.69, 9.17) is 4.74 Å². The highest BCUT2D eigenvalue weighted by molar-refractivity contribution is 5.97. The van der Waals surface area contributed by atoms with Crippen LogP contribution in [0.4, 0.5) is 20.6 Å². The van der Waals surface area contributed by atoms with Crippen LogP contribution in [0.2, 0.25) is 0 Å². The van der Waals surface area contributed by atoms with Crippen molar-refractivity contribution in [2.24, 2.45) is 0 Å². The molecule has 1 aliphatic heterocycles. The van der Waals surface area contributed by atoms with Crippen LogP contribution in [0.3, 0.4) is 0 Å². The molecular formula is C22H26FN3O3. The quantitative estimate of drug-likeness (QED) is 0.737. The molecule has 6 nitrogen and oxygen atoms in total. The summed E-state index contributed by atoms with van der Waals surface area (Å²) in [6.07, 6.45) is 2.18. The first kappa shape index (κ1) is 20.6. The van der Waals surface area contributed by atoms with Gasteiger partial charge in [0, 0.05) is 26.2 Å². The van der Waals surface area contributed by atoms with Gasteiger partial charge in [-0.2, -0.15) is 0 Å². The Morgan fingerprint density at radius 2 is 1.93 bits per heavy atom. The van der Waals surface area contributed by atoms with Gasteiger partial charge in [-0.1, -0.05) is 12.1 Å². The molecule has 1 saturated heterocycles. The molecule has 1 N–H and O–H groups in total. The fourth-order valence-electron chi connectivity index (χ4n) is 3.49. The fraction of sp³-hybridized carbons (Fsp3) is 0.364. The Labute approximate surface area is 170 Å². The highest BCUT2D eigenvalue weighted by atomic mass is 19.1. The van der Waals surface area contributed by atoms with Crippen molar-refractivity contribution in [2.75, 3.05) is 37.0 Å². The van der Waals surface area contributed by atoms with E-state index in [1.807, 2.05) is 13.0 Å². The van der Waals surface area contributed by atoms with Gasteiger partial charge in [0.15, 0.2) is 0 Å². The van der Waals surface area contributed by atoms with Gasteiger partial charge in [0.1, 0.15) is 5.82 Å². The minimum absolute atomic E-state index is 0.288. The lowest BCUT2D eigenvalue weighted by molar-refractivity contribution is 0.0600. The molecule has 3 rings (SSSR count). The summed E-state index contributed by atoms with van der Waals surface area (Å²) in [4.78, 5) is 28.7. The van der Waals surface area contributed by atoms with Crippen molar-refractivity contribution in [2.45, 2.75) is 26.3 Å². The number of nitrogens with zero attached hydrogens (tertiary/aromatic N) is 2. The Morgan fingerprint density at radius 1 is 1.17 bits per heavy atom. The molecule has 2 aromatic carbocycles. The van der Waals surface area contributed by atoms with Crippen LogP contribution in [0.1, 0.15) is 35.7 Å². The minimum Gasteiger partial charge on any atom is -0.465 e. The molecule has 154 valence electrons. The van der Waals surface area contributed by atoms with E-state index in [1.54, 1.807) is 29.2 Å². The lowest BCUT2D eigenvalue weighted by Crippen LogP contribution is -2.35. The summed E-state index contributed by atoms with van der Waals surface area (Å²) in [5, 5.41) is 2.94. The van der Waals surface area contributed by atoms with E-state index in [1.165, 1.54) is 19.2 Å². The Kier molecular flexibility index (Phi) is 6.69. The number of halogens is 1. The number of amides is 2. The first-order valence-corrected chi connectivity index (χ1v) is 9.79. The predicted octanol–water partition coefficient (Wildman–Crippen LogP) is 4.27. The second-order valence-electron chi connectivity index (χ2n) is 6.99. The molecule has 0 atom stereocenters. The van der Waals surface area contributed by atoms with Gasteiger partial charge in [0.2, 0.25) is 0 Å². The van der Waals surface area contributed by atoms with Gasteiger partial charge < -0.3 is 19.9 Å². The normalized spacial score (nSPS) is 13.3. The Bertz CT molecular complexity index is 881. The summed E-state index contributed by atoms with van der Waals surface area (Å²) in [6.45, 7) is 4.42. The van der Waals surface area contributed by atoms with Crippen LogP contribution in [-0.2, 0) is 11.3 Å². The molecule has 7 heteroatoms. The van der Waals surface area contributed by atoms with E-state index in [-0.39, 0.29) is 18.4 Å². The third kappa shape index (κ3) is 5.04. The van der Waals surface area contributed by atoms with E-state index < -0.39 is 5.97 Å². The van der Waals surface area contributed by atoms with Gasteiger partial charge >= 0.3 is 12.0 Å². The standard InChI is InChI=1S/C22H26FN3O3/c1-3-25(15-16-7-6-8-18(23)13-16)22(28)24-19-14-17(21(27)29-2)9-10-20(19)26-11-4-5-12-26/h6-10,13-14H,3-5,11-12,15H2,1-2H3,(H,24,28). The number of carbonyl (C=O) groups excluding carboxylic acids is 2. The number of urea groups is 1. The molecule has 0 unspecified atom stereocenters. The maximum absolute atomic E-state index is 13.5. The summed E-state index contributed by atoms with van der Waals surface area (Å²) >= 11 is 0. The molecule has 2 amide bonds. The number of ether oxygens (including phenoxy) is 1. The van der Waals surface area contributed by atoms with Crippen molar-refractivity contribution in [3.63, 3.8) is 0 Å². The van der Waals surface area contributed by atoms with Crippen LogP contribution < -0.4 is 10.2 Å². The zero-order valence-corrected chi connectivity index (χ0v) is 16.8. The zero-order valence-electron chi connectivity index (χ0n) is 16.8. The van der Waals surface area contributed by atoms with Crippen molar-refractivity contribution in [1.82, 2.24) is 4.90 Å². The number of carbonyl (C=O) groups is 2. The molecular weight excluding hydrogens is 373 g/mol. The lowest BCUT2D eigenvalue weighted by atomic mass is 10.1. The monoisotopic (exact) mass is 399 g/mol. The van der Waals surface area contributed by atoms with Crippen LogP contribution in [-0.4, -0.2) is 43.6 Å². The van der Waals surface area contributed by atoms with Crippen molar-refractivity contribution in [3.8, 4) is 0 Å². The number of esters is 1. The summed E-state index contributed by atoms with van der Waals surface area (Å²) < 4.78 is 18.3. The topological polar surface area (TPSA) is 61.9 Å². The zero-order chi connectivity index (χ0) is 20.8. The van der Waals surface area contributed by atoms with E-state index in [9.17, 15) is 14.0 Å². The van der Waals surface area contributed by atoms with Gasteiger partial charge in [0.05, 0.1) is 24.0 Å². The maximum Gasteiger partial charge on any atom is 0.337 e. The average molecular weight is 399 g/mol. The molecule has 0 bridgehead atoms. The number of rotatable bonds is 6. The van der Waals surface area contributed by atoms with Crippen molar-refractivity contribution in [3.05, 3.63) is 59.4 Å². The first-order chi connectivity index (χ1) is 14.0. The number of methoxy groups -OCH3 is 1. The highest BCUT2D eigenvalue weighted by Crippen LogP contribution is 2.30. The molecule has 1 fully saturated rings. The molecule has 1 aliphatic rings. The Hall–Kier alpha value is -3.09. The van der Waals surface area contributed by atoms with Crippen molar-refractivity contribution >= 4 is 23.4 Å². The van der Waals surface area contributed by atoms with Crippen LogP contribution in [0.15, 0.2) is 42.5 Å². The molecule has 2 aromatic rings. The lowest BCUT2D eigenvalue weighted by Gasteiger charge is -2.25. The maximum atomic E-state index is 13.5. The van der Waals surface area contributed by atoms with Crippen LogP contribution in [0, 0.1) is 5.82 Å². The minimum atomic E-state index is -0.458. The van der Waals surface area contributed by atoms with Gasteiger partial charge in [-0.05, 0) is 55.7 Å². The molecule has 0 spiro atoms. The number of hydrogen-bond acceptors (Lipinski definition) is 4. The molecule has 0 aromatic heterocycles. The van der Waals surface area contributed by atoms with Gasteiger partial charge in [-0.25, -0.2) is 14.0 Å². The summed E-state index contributed by atoms with van der Waals surface area (Å²) in [7, 11) is 1.33. The third-order valence-corrected chi connectivity index (χ3v) is 5.04. The number of anilines is 2. The second-order valence-corrected chi connectivity index (χ2v) is 6.99. The first-order valence-electron chi connectivity index (χ1n) is 9.79. The van der Waals surface area contributed by atoms with Gasteiger partial charge in [-0.15, -0.1) is 0 Å². The SMILES string of the molecule is CCN(Cc1cccc(F)c1)C(=O)Nc1cc(C(=O)OC)ccc1N1CCCC1. The predicted molar refractivity (Wildman–Crippen MR) is 111 cm³/mol. The van der Waals surface area contributed by atoms with Crippen LogP contribution >= 0.6 is 0 Å². The molecule has 0 aliphatic carbocycles. The molecule has 0 radical (unpaired) electrons. The second kappa shape index (κ2) is 9.41.